The highest BCUT2D eigenvalue weighted by Crippen LogP contribution is 2.31. The van der Waals surface area contributed by atoms with Crippen LogP contribution in [0.3, 0.4) is 0 Å². The predicted octanol–water partition coefficient (Wildman–Crippen LogP) is 3.45. The summed E-state index contributed by atoms with van der Waals surface area (Å²) in [6.45, 7) is 9.26. The number of phenolic OH excluding ortho intramolecular Hbond substituents is 1. The van der Waals surface area contributed by atoms with Crippen LogP contribution in [-0.4, -0.2) is 66.1 Å². The summed E-state index contributed by atoms with van der Waals surface area (Å²) in [5, 5.41) is 9.97. The summed E-state index contributed by atoms with van der Waals surface area (Å²) >= 11 is 0. The molecule has 31 heavy (non-hydrogen) atoms. The van der Waals surface area contributed by atoms with Gasteiger partial charge >= 0.3 is 5.97 Å². The van der Waals surface area contributed by atoms with Crippen molar-refractivity contribution in [3.8, 4) is 5.75 Å². The van der Waals surface area contributed by atoms with Crippen LogP contribution in [0.1, 0.15) is 55.7 Å². The molecule has 1 amide bonds. The summed E-state index contributed by atoms with van der Waals surface area (Å²) in [5.41, 5.74) is 2.84. The zero-order chi connectivity index (χ0) is 22.5. The molecule has 2 fully saturated rings. The molecule has 1 aliphatic heterocycles. The maximum Gasteiger partial charge on any atom is 0.305 e. The van der Waals surface area contributed by atoms with Gasteiger partial charge in [0.1, 0.15) is 5.75 Å². The van der Waals surface area contributed by atoms with E-state index in [4.69, 9.17) is 4.74 Å². The highest BCUT2D eigenvalue weighted by molar-refractivity contribution is 5.79. The van der Waals surface area contributed by atoms with Crippen LogP contribution in [0.15, 0.2) is 12.1 Å². The van der Waals surface area contributed by atoms with Crippen LogP contribution < -0.4 is 0 Å². The van der Waals surface area contributed by atoms with Gasteiger partial charge in [-0.05, 0) is 68.6 Å². The van der Waals surface area contributed by atoms with E-state index in [1.54, 1.807) is 0 Å². The Balaban J connectivity index is 1.45. The molecule has 0 unspecified atom stereocenters. The fourth-order valence-corrected chi connectivity index (χ4v) is 5.26. The van der Waals surface area contributed by atoms with Crippen molar-refractivity contribution in [3.05, 3.63) is 28.8 Å². The molecule has 6 heteroatoms. The molecule has 1 N–H and O–H groups in total. The van der Waals surface area contributed by atoms with E-state index in [0.717, 1.165) is 68.6 Å². The standard InChI is InChI=1S/C25H38N2O4/c1-17-13-21(14-18(2)24(17)29)15-19(3)25(30)27-11-9-26(10-12-27)22-7-5-20(6-8-22)16-23(28)31-4/h13-14,19-20,22,29H,5-12,15-16H2,1-4H3/t19-,20?,22?/m1/s1. The molecule has 1 aromatic rings. The maximum atomic E-state index is 13.0. The van der Waals surface area contributed by atoms with E-state index in [-0.39, 0.29) is 17.8 Å². The predicted molar refractivity (Wildman–Crippen MR) is 121 cm³/mol. The Kier molecular flexibility index (Phi) is 7.98. The number of esters is 1. The number of piperazine rings is 1. The number of carbonyl (C=O) groups is 2. The normalized spacial score (nSPS) is 23.4. The fourth-order valence-electron chi connectivity index (χ4n) is 5.26. The van der Waals surface area contributed by atoms with Gasteiger partial charge in [-0.15, -0.1) is 0 Å². The third-order valence-corrected chi connectivity index (χ3v) is 7.16. The highest BCUT2D eigenvalue weighted by atomic mass is 16.5. The minimum atomic E-state index is -0.0951. The molecule has 6 nitrogen and oxygen atoms in total. The Labute approximate surface area is 186 Å². The lowest BCUT2D eigenvalue weighted by atomic mass is 9.83. The first-order valence-corrected chi connectivity index (χ1v) is 11.7. The number of aromatic hydroxyl groups is 1. The average molecular weight is 431 g/mol. The SMILES string of the molecule is COC(=O)CC1CCC(N2CCN(C(=O)[C@H](C)Cc3cc(C)c(O)c(C)c3)CC2)CC1. The summed E-state index contributed by atoms with van der Waals surface area (Å²) in [6.07, 6.45) is 5.68. The minimum Gasteiger partial charge on any atom is -0.507 e. The van der Waals surface area contributed by atoms with E-state index < -0.39 is 0 Å². The number of methoxy groups -OCH3 is 1. The molecule has 2 aliphatic rings. The zero-order valence-electron chi connectivity index (χ0n) is 19.5. The van der Waals surface area contributed by atoms with Crippen LogP contribution in [0.4, 0.5) is 0 Å². The van der Waals surface area contributed by atoms with Crippen molar-refractivity contribution in [2.45, 2.75) is 65.3 Å². The molecular weight excluding hydrogens is 392 g/mol. The second-order valence-corrected chi connectivity index (χ2v) is 9.50. The Bertz CT molecular complexity index is 755. The van der Waals surface area contributed by atoms with Gasteiger partial charge in [-0.3, -0.25) is 14.5 Å². The Hall–Kier alpha value is -2.08. The van der Waals surface area contributed by atoms with Crippen molar-refractivity contribution in [1.29, 1.82) is 0 Å². The molecule has 1 aromatic carbocycles. The highest BCUT2D eigenvalue weighted by Gasteiger charge is 2.31. The molecule has 0 radical (unpaired) electrons. The van der Waals surface area contributed by atoms with Crippen molar-refractivity contribution < 1.29 is 19.4 Å². The van der Waals surface area contributed by atoms with E-state index in [0.29, 0.717) is 30.6 Å². The van der Waals surface area contributed by atoms with Crippen LogP contribution in [0.5, 0.6) is 5.75 Å². The lowest BCUT2D eigenvalue weighted by Crippen LogP contribution is -2.53. The number of hydrogen-bond acceptors (Lipinski definition) is 5. The van der Waals surface area contributed by atoms with Crippen molar-refractivity contribution in [3.63, 3.8) is 0 Å². The summed E-state index contributed by atoms with van der Waals surface area (Å²) in [6, 6.07) is 4.55. The number of phenols is 1. The molecule has 0 spiro atoms. The fraction of sp³-hybridized carbons (Fsp3) is 0.680. The largest absolute Gasteiger partial charge is 0.507 e. The monoisotopic (exact) mass is 430 g/mol. The molecule has 1 aliphatic carbocycles. The molecule has 0 bridgehead atoms. The molecular formula is C25H38N2O4. The Morgan fingerprint density at radius 2 is 1.65 bits per heavy atom. The molecule has 172 valence electrons. The number of nitrogens with zero attached hydrogens (tertiary/aromatic N) is 2. The summed E-state index contributed by atoms with van der Waals surface area (Å²) in [7, 11) is 1.46. The van der Waals surface area contributed by atoms with Gasteiger partial charge in [0.15, 0.2) is 0 Å². The molecule has 3 rings (SSSR count). The lowest BCUT2D eigenvalue weighted by Gasteiger charge is -2.42. The number of benzene rings is 1. The lowest BCUT2D eigenvalue weighted by molar-refractivity contribution is -0.142. The first-order valence-electron chi connectivity index (χ1n) is 11.7. The summed E-state index contributed by atoms with van der Waals surface area (Å²) in [4.78, 5) is 29.1. The molecule has 1 atom stereocenters. The smallest absolute Gasteiger partial charge is 0.305 e. The maximum absolute atomic E-state index is 13.0. The first-order chi connectivity index (χ1) is 14.8. The van der Waals surface area contributed by atoms with Gasteiger partial charge in [-0.2, -0.15) is 0 Å². The second kappa shape index (κ2) is 10.5. The van der Waals surface area contributed by atoms with E-state index in [1.165, 1.54) is 7.11 Å². The zero-order valence-corrected chi connectivity index (χ0v) is 19.5. The van der Waals surface area contributed by atoms with Gasteiger partial charge in [-0.1, -0.05) is 19.1 Å². The average Bonchev–Trinajstić information content (AvgIpc) is 2.77. The number of ether oxygens (including phenoxy) is 1. The van der Waals surface area contributed by atoms with E-state index in [1.807, 2.05) is 37.8 Å². The summed E-state index contributed by atoms with van der Waals surface area (Å²) < 4.78 is 4.81. The Morgan fingerprint density at radius 3 is 2.19 bits per heavy atom. The van der Waals surface area contributed by atoms with Gasteiger partial charge < -0.3 is 14.7 Å². The third kappa shape index (κ3) is 6.00. The van der Waals surface area contributed by atoms with Crippen LogP contribution >= 0.6 is 0 Å². The van der Waals surface area contributed by atoms with Crippen molar-refractivity contribution >= 4 is 11.9 Å². The molecule has 1 saturated carbocycles. The quantitative estimate of drug-likeness (QED) is 0.700. The van der Waals surface area contributed by atoms with Gasteiger partial charge in [0.25, 0.3) is 0 Å². The first kappa shape index (κ1) is 23.6. The number of rotatable bonds is 6. The molecule has 0 aromatic heterocycles. The van der Waals surface area contributed by atoms with Gasteiger partial charge in [0.2, 0.25) is 5.91 Å². The third-order valence-electron chi connectivity index (χ3n) is 7.16. The van der Waals surface area contributed by atoms with Crippen molar-refractivity contribution in [2.75, 3.05) is 33.3 Å². The molecule has 1 saturated heterocycles. The van der Waals surface area contributed by atoms with Crippen LogP contribution in [0, 0.1) is 25.7 Å². The number of carbonyl (C=O) groups excluding carboxylic acids is 2. The van der Waals surface area contributed by atoms with Crippen LogP contribution in [0.25, 0.3) is 0 Å². The molecule has 1 heterocycles. The number of hydrogen-bond donors (Lipinski definition) is 1. The van der Waals surface area contributed by atoms with E-state index in [2.05, 4.69) is 4.90 Å². The topological polar surface area (TPSA) is 70.1 Å². The number of amides is 1. The Morgan fingerprint density at radius 1 is 1.06 bits per heavy atom. The second-order valence-electron chi connectivity index (χ2n) is 9.50. The van der Waals surface area contributed by atoms with E-state index in [9.17, 15) is 14.7 Å². The van der Waals surface area contributed by atoms with Crippen molar-refractivity contribution in [2.24, 2.45) is 11.8 Å². The minimum absolute atomic E-state index is 0.0661. The van der Waals surface area contributed by atoms with Gasteiger partial charge in [0, 0.05) is 44.6 Å². The van der Waals surface area contributed by atoms with Crippen molar-refractivity contribution in [1.82, 2.24) is 9.80 Å². The number of aryl methyl sites for hydroxylation is 2. The van der Waals surface area contributed by atoms with E-state index >= 15 is 0 Å². The van der Waals surface area contributed by atoms with Gasteiger partial charge in [-0.25, -0.2) is 0 Å². The van der Waals surface area contributed by atoms with Crippen LogP contribution in [0.2, 0.25) is 0 Å². The summed E-state index contributed by atoms with van der Waals surface area (Å²) in [5.74, 6) is 0.869. The van der Waals surface area contributed by atoms with Gasteiger partial charge in [0.05, 0.1) is 7.11 Å². The van der Waals surface area contributed by atoms with Crippen LogP contribution in [-0.2, 0) is 20.7 Å².